The van der Waals surface area contributed by atoms with Crippen LogP contribution in [0.5, 0.6) is 0 Å². The molecule has 2 bridgehead atoms. The zero-order valence-corrected chi connectivity index (χ0v) is 33.3. The van der Waals surface area contributed by atoms with Gasteiger partial charge in [-0.1, -0.05) is 51.0 Å². The zero-order chi connectivity index (χ0) is 37.7. The van der Waals surface area contributed by atoms with Gasteiger partial charge in [0.1, 0.15) is 11.9 Å². The molecule has 0 radical (unpaired) electrons. The number of hydrogen-bond donors (Lipinski definition) is 2. The first-order valence-electron chi connectivity index (χ1n) is 20.7. The molecule has 54 heavy (non-hydrogen) atoms. The van der Waals surface area contributed by atoms with E-state index < -0.39 is 12.1 Å². The second-order valence-corrected chi connectivity index (χ2v) is 18.7. The minimum Gasteiger partial charge on any atom is -0.453 e. The molecule has 2 amide bonds. The summed E-state index contributed by atoms with van der Waals surface area (Å²) in [6, 6.07) is 8.65. The van der Waals surface area contributed by atoms with Gasteiger partial charge in [-0.2, -0.15) is 0 Å². The number of rotatable bonds is 7. The number of methoxy groups -OCH3 is 1. The fourth-order valence-corrected chi connectivity index (χ4v) is 11.2. The Hall–Kier alpha value is -3.63. The molecule has 4 unspecified atom stereocenters. The summed E-state index contributed by atoms with van der Waals surface area (Å²) in [6.07, 6.45) is 14.3. The molecule has 9 nitrogen and oxygen atoms in total. The molecular formula is C44H57BN4O5. The Morgan fingerprint density at radius 3 is 2.24 bits per heavy atom. The molecule has 10 heteroatoms. The summed E-state index contributed by atoms with van der Waals surface area (Å²) in [5.41, 5.74) is 12.0. The number of H-pyrrole nitrogens is 1. The third-order valence-corrected chi connectivity index (χ3v) is 14.7. The minimum atomic E-state index is -0.658. The number of ether oxygens (including phenoxy) is 1. The van der Waals surface area contributed by atoms with Crippen molar-refractivity contribution in [2.45, 2.75) is 147 Å². The molecule has 4 aliphatic carbocycles. The van der Waals surface area contributed by atoms with Gasteiger partial charge < -0.3 is 29.2 Å². The van der Waals surface area contributed by atoms with Crippen LogP contribution in [0.4, 0.5) is 4.79 Å². The Balaban J connectivity index is 1.07. The Bertz CT molecular complexity index is 1980. The SMILES string of the molecule is COC(=O)NC(C(=O)N1CCCC1c1ncc(-c2ccc(-c3ccc(B4OC(C)(C)C(C)(C)O4)c4c3CC3(CCCC3)C4)c3c2C2CCC3C2)[nH]1)C(C)C. The van der Waals surface area contributed by atoms with Gasteiger partial charge in [0, 0.05) is 12.1 Å². The number of aromatic amines is 1. The van der Waals surface area contributed by atoms with Gasteiger partial charge >= 0.3 is 13.2 Å². The first-order chi connectivity index (χ1) is 25.8. The molecule has 6 aliphatic rings. The maximum absolute atomic E-state index is 13.8. The van der Waals surface area contributed by atoms with Gasteiger partial charge in [-0.15, -0.1) is 0 Å². The van der Waals surface area contributed by atoms with Crippen LogP contribution >= 0.6 is 0 Å². The number of amides is 2. The molecule has 2 aliphatic heterocycles. The number of nitrogens with one attached hydrogen (secondary N) is 2. The number of aromatic nitrogens is 2. The monoisotopic (exact) mass is 732 g/mol. The summed E-state index contributed by atoms with van der Waals surface area (Å²) in [6.45, 7) is 13.1. The van der Waals surface area contributed by atoms with E-state index in [9.17, 15) is 9.59 Å². The number of imidazole rings is 1. The van der Waals surface area contributed by atoms with Crippen molar-refractivity contribution in [1.82, 2.24) is 20.2 Å². The van der Waals surface area contributed by atoms with Crippen LogP contribution in [0.15, 0.2) is 30.5 Å². The summed E-state index contributed by atoms with van der Waals surface area (Å²) < 4.78 is 18.2. The minimum absolute atomic E-state index is 0.0775. The average Bonchev–Trinajstić information content (AvgIpc) is 3.99. The molecule has 4 fully saturated rings. The lowest BCUT2D eigenvalue weighted by molar-refractivity contribution is -0.135. The van der Waals surface area contributed by atoms with Gasteiger partial charge in [0.15, 0.2) is 0 Å². The summed E-state index contributed by atoms with van der Waals surface area (Å²) in [5.74, 6) is 1.77. The molecule has 1 spiro atoms. The molecule has 4 atom stereocenters. The Kier molecular flexibility index (Phi) is 8.66. The predicted molar refractivity (Wildman–Crippen MR) is 211 cm³/mol. The summed E-state index contributed by atoms with van der Waals surface area (Å²) >= 11 is 0. The van der Waals surface area contributed by atoms with E-state index in [0.717, 1.165) is 37.2 Å². The van der Waals surface area contributed by atoms with Crippen molar-refractivity contribution < 1.29 is 23.6 Å². The van der Waals surface area contributed by atoms with Crippen LogP contribution in [0.3, 0.4) is 0 Å². The first kappa shape index (κ1) is 36.0. The lowest BCUT2D eigenvalue weighted by atomic mass is 9.72. The molecular weight excluding hydrogens is 675 g/mol. The topological polar surface area (TPSA) is 106 Å². The quantitative estimate of drug-likeness (QED) is 0.238. The molecule has 2 saturated heterocycles. The third kappa shape index (κ3) is 5.67. The van der Waals surface area contributed by atoms with Gasteiger partial charge in [0.2, 0.25) is 5.91 Å². The smallest absolute Gasteiger partial charge is 0.453 e. The highest BCUT2D eigenvalue weighted by atomic mass is 16.7. The number of fused-ring (bicyclic) bond motifs is 6. The standard InChI is InChI=1S/C44H57BN4O5/c1-25(2)38(48-41(51)52-7)40(50)49-20-10-11-35(49)39-46-24-34(47-39)30-15-14-29(36-26-12-13-27(21-26)37(30)36)28-16-17-33(45-53-42(3,4)43(5,6)54-45)32-23-44(22-31(28)32)18-8-9-19-44/h14-17,24-27,35,38H,8-13,18-23H2,1-7H3,(H,46,47)(H,48,51). The summed E-state index contributed by atoms with van der Waals surface area (Å²) in [7, 11) is 0.978. The van der Waals surface area contributed by atoms with E-state index in [-0.39, 0.29) is 36.2 Å². The Labute approximate surface area is 320 Å². The number of alkyl carbamates (subject to hydrolysis) is 1. The van der Waals surface area contributed by atoms with Crippen molar-refractivity contribution in [3.05, 3.63) is 58.5 Å². The van der Waals surface area contributed by atoms with Crippen LogP contribution in [-0.2, 0) is 31.7 Å². The van der Waals surface area contributed by atoms with Gasteiger partial charge in [-0.3, -0.25) is 4.79 Å². The van der Waals surface area contributed by atoms with Crippen molar-refractivity contribution in [1.29, 1.82) is 0 Å². The highest BCUT2D eigenvalue weighted by Gasteiger charge is 2.54. The van der Waals surface area contributed by atoms with Crippen molar-refractivity contribution in [2.75, 3.05) is 13.7 Å². The van der Waals surface area contributed by atoms with Crippen molar-refractivity contribution in [2.24, 2.45) is 11.3 Å². The van der Waals surface area contributed by atoms with Crippen LogP contribution in [-0.4, -0.2) is 64.9 Å². The van der Waals surface area contributed by atoms with Crippen molar-refractivity contribution >= 4 is 24.6 Å². The van der Waals surface area contributed by atoms with Crippen LogP contribution in [0.25, 0.3) is 22.4 Å². The molecule has 1 aromatic heterocycles. The Morgan fingerprint density at radius 2 is 1.56 bits per heavy atom. The number of likely N-dealkylation sites (tertiary alicyclic amines) is 1. The lowest BCUT2D eigenvalue weighted by Crippen LogP contribution is -2.51. The van der Waals surface area contributed by atoms with Gasteiger partial charge in [0.05, 0.1) is 36.2 Å². The largest absolute Gasteiger partial charge is 0.495 e. The van der Waals surface area contributed by atoms with Crippen molar-refractivity contribution in [3.8, 4) is 22.4 Å². The Morgan fingerprint density at radius 1 is 0.907 bits per heavy atom. The van der Waals surface area contributed by atoms with Gasteiger partial charge in [-0.25, -0.2) is 9.78 Å². The van der Waals surface area contributed by atoms with E-state index in [0.29, 0.717) is 23.8 Å². The molecule has 2 aromatic carbocycles. The van der Waals surface area contributed by atoms with E-state index in [2.05, 4.69) is 62.3 Å². The second kappa shape index (κ2) is 13.0. The molecule has 9 rings (SSSR count). The summed E-state index contributed by atoms with van der Waals surface area (Å²) in [5, 5.41) is 2.77. The highest BCUT2D eigenvalue weighted by Crippen LogP contribution is 2.59. The molecule has 3 aromatic rings. The number of hydrogen-bond acceptors (Lipinski definition) is 6. The lowest BCUT2D eigenvalue weighted by Gasteiger charge is -2.32. The second-order valence-electron chi connectivity index (χ2n) is 18.7. The van der Waals surface area contributed by atoms with Gasteiger partial charge in [0.25, 0.3) is 0 Å². The number of carbonyl (C=O) groups is 2. The van der Waals surface area contributed by atoms with E-state index in [1.807, 2.05) is 24.9 Å². The van der Waals surface area contributed by atoms with E-state index >= 15 is 0 Å². The van der Waals surface area contributed by atoms with Crippen LogP contribution in [0.2, 0.25) is 0 Å². The van der Waals surface area contributed by atoms with Gasteiger partial charge in [-0.05, 0) is 147 Å². The van der Waals surface area contributed by atoms with E-state index in [1.54, 1.807) is 5.56 Å². The number of nitrogens with zero attached hydrogens (tertiary/aromatic N) is 2. The maximum Gasteiger partial charge on any atom is 0.495 e. The number of carbonyl (C=O) groups excluding carboxylic acids is 2. The van der Waals surface area contributed by atoms with Crippen LogP contribution in [0.1, 0.15) is 145 Å². The normalized spacial score (nSPS) is 26.2. The fraction of sp³-hybridized carbons (Fsp3) is 0.614. The molecule has 2 saturated carbocycles. The first-order valence-corrected chi connectivity index (χ1v) is 20.7. The van der Waals surface area contributed by atoms with E-state index in [1.165, 1.54) is 90.9 Å². The van der Waals surface area contributed by atoms with Crippen LogP contribution < -0.4 is 10.8 Å². The summed E-state index contributed by atoms with van der Waals surface area (Å²) in [4.78, 5) is 36.5. The predicted octanol–water partition coefficient (Wildman–Crippen LogP) is 8.11. The average molecular weight is 733 g/mol. The molecule has 3 heterocycles. The number of benzene rings is 2. The van der Waals surface area contributed by atoms with Crippen molar-refractivity contribution in [3.63, 3.8) is 0 Å². The third-order valence-electron chi connectivity index (χ3n) is 14.7. The van der Waals surface area contributed by atoms with E-state index in [4.69, 9.17) is 19.0 Å². The molecule has 2 N–H and O–H groups in total. The fourth-order valence-electron chi connectivity index (χ4n) is 11.2. The maximum atomic E-state index is 13.8. The highest BCUT2D eigenvalue weighted by molar-refractivity contribution is 6.62. The van der Waals surface area contributed by atoms with Crippen LogP contribution in [0, 0.1) is 11.3 Å². The zero-order valence-electron chi connectivity index (χ0n) is 33.3. The molecule has 286 valence electrons.